The summed E-state index contributed by atoms with van der Waals surface area (Å²) in [5, 5.41) is 19.5. The largest absolute Gasteiger partial charge is 0.425 e. The lowest BCUT2D eigenvalue weighted by Gasteiger charge is -2.12. The first-order valence-electron chi connectivity index (χ1n) is 14.7. The summed E-state index contributed by atoms with van der Waals surface area (Å²) in [6, 6.07) is 17.5. The monoisotopic (exact) mass is 622 g/mol. The van der Waals surface area contributed by atoms with Crippen LogP contribution in [0.1, 0.15) is 85.4 Å². The number of unbranched alkanes of at least 4 members (excludes halogenated alkanes) is 2. The molecule has 0 spiro atoms. The van der Waals surface area contributed by atoms with Crippen molar-refractivity contribution in [1.82, 2.24) is 0 Å². The van der Waals surface area contributed by atoms with Gasteiger partial charge in [-0.1, -0.05) is 38.5 Å². The van der Waals surface area contributed by atoms with Crippen LogP contribution >= 0.6 is 11.3 Å². The summed E-state index contributed by atoms with van der Waals surface area (Å²) in [5.74, 6) is 11.7. The lowest BCUT2D eigenvalue weighted by Crippen LogP contribution is -2.26. The van der Waals surface area contributed by atoms with Gasteiger partial charge < -0.3 is 18.9 Å². The van der Waals surface area contributed by atoms with Crippen molar-refractivity contribution in [2.75, 3.05) is 13.2 Å². The molecule has 0 saturated carbocycles. The number of nitrogens with zero attached hydrogens (tertiary/aromatic N) is 2. The van der Waals surface area contributed by atoms with E-state index in [1.807, 2.05) is 13.8 Å². The molecule has 0 aliphatic rings. The number of nitriles is 2. The molecule has 0 unspecified atom stereocenters. The first kappa shape index (κ1) is 34.6. The third-order valence-corrected chi connectivity index (χ3v) is 7.33. The zero-order valence-electron chi connectivity index (χ0n) is 25.8. The topological polar surface area (TPSA) is 119 Å². The number of hydrogen-bond donors (Lipinski definition) is 0. The Morgan fingerprint density at radius 2 is 1.04 bits per heavy atom. The van der Waals surface area contributed by atoms with Crippen molar-refractivity contribution < 1.29 is 28.5 Å². The van der Waals surface area contributed by atoms with Gasteiger partial charge in [-0.25, -0.2) is 9.59 Å². The Bertz CT molecular complexity index is 1550. The molecule has 9 heteroatoms. The zero-order chi connectivity index (χ0) is 32.6. The number of carbonyl (C=O) groups is 2. The molecule has 1 aromatic heterocycles. The molecule has 45 heavy (non-hydrogen) atoms. The number of rotatable bonds is 12. The third kappa shape index (κ3) is 10.6. The van der Waals surface area contributed by atoms with Crippen molar-refractivity contribution in [3.63, 3.8) is 0 Å². The van der Waals surface area contributed by atoms with E-state index in [1.54, 1.807) is 62.4 Å². The van der Waals surface area contributed by atoms with Crippen LogP contribution in [0.2, 0.25) is 0 Å². The molecule has 0 bridgehead atoms. The predicted molar refractivity (Wildman–Crippen MR) is 171 cm³/mol. The summed E-state index contributed by atoms with van der Waals surface area (Å²) in [6.45, 7) is 8.39. The first-order valence-corrected chi connectivity index (χ1v) is 15.5. The quantitative estimate of drug-likeness (QED) is 0.0971. The molecular formula is C36H34N2O6S. The highest BCUT2D eigenvalue weighted by Gasteiger charge is 2.18. The lowest BCUT2D eigenvalue weighted by atomic mass is 10.1. The van der Waals surface area contributed by atoms with Gasteiger partial charge in [0.1, 0.15) is 23.6 Å². The minimum Gasteiger partial charge on any atom is -0.425 e. The van der Waals surface area contributed by atoms with Crippen LogP contribution in [0.15, 0.2) is 48.5 Å². The fraction of sp³-hybridized carbons (Fsp3) is 0.333. The standard InChI is InChI=1S/C36H34N2O6S/c1-5-7-21-41-25(3)35(39)43-29-15-9-27(10-16-29)13-19-33-31(23-37)32(24-38)34(45-33)20-14-28-11-17-30(18-12-28)44-36(40)26(4)42-22-8-6-2/h9-12,15-18,25-26H,5-8,21-22H2,1-4H3/t25-,26-/m0/s1. The van der Waals surface area contributed by atoms with Gasteiger partial charge in [0, 0.05) is 24.3 Å². The van der Waals surface area contributed by atoms with Gasteiger partial charge in [0.05, 0.1) is 20.9 Å². The molecule has 0 fully saturated rings. The summed E-state index contributed by atoms with van der Waals surface area (Å²) in [5.41, 5.74) is 1.60. The molecule has 1 heterocycles. The highest BCUT2D eigenvalue weighted by molar-refractivity contribution is 7.13. The van der Waals surface area contributed by atoms with Gasteiger partial charge in [-0.05, 0) is 87.1 Å². The van der Waals surface area contributed by atoms with Gasteiger partial charge in [-0.2, -0.15) is 10.5 Å². The average Bonchev–Trinajstić information content (AvgIpc) is 3.40. The van der Waals surface area contributed by atoms with Crippen LogP contribution in [0.25, 0.3) is 0 Å². The van der Waals surface area contributed by atoms with Crippen molar-refractivity contribution in [2.45, 2.75) is 65.6 Å². The average molecular weight is 623 g/mol. The van der Waals surface area contributed by atoms with Gasteiger partial charge in [-0.3, -0.25) is 0 Å². The molecule has 8 nitrogen and oxygen atoms in total. The third-order valence-electron chi connectivity index (χ3n) is 6.31. The first-order chi connectivity index (χ1) is 21.8. The number of hydrogen-bond acceptors (Lipinski definition) is 9. The molecule has 3 aromatic rings. The maximum atomic E-state index is 12.2. The van der Waals surface area contributed by atoms with E-state index in [2.05, 4.69) is 35.8 Å². The van der Waals surface area contributed by atoms with E-state index in [1.165, 1.54) is 0 Å². The molecule has 0 radical (unpaired) electrons. The molecule has 230 valence electrons. The van der Waals surface area contributed by atoms with Gasteiger partial charge in [0.2, 0.25) is 0 Å². The van der Waals surface area contributed by atoms with E-state index in [9.17, 15) is 20.1 Å². The number of thiophene rings is 1. The SMILES string of the molecule is CCCCO[C@@H](C)C(=O)Oc1ccc(C#Cc2sc(C#Cc3ccc(OC(=O)[C@H](C)OCCCC)cc3)c(C#N)c2C#N)cc1. The molecule has 0 aliphatic heterocycles. The van der Waals surface area contributed by atoms with Crippen molar-refractivity contribution in [2.24, 2.45) is 0 Å². The van der Waals surface area contributed by atoms with Crippen LogP contribution in [-0.4, -0.2) is 37.4 Å². The van der Waals surface area contributed by atoms with Crippen LogP contribution in [-0.2, 0) is 19.1 Å². The summed E-state index contributed by atoms with van der Waals surface area (Å²) < 4.78 is 21.7. The van der Waals surface area contributed by atoms with Gasteiger partial charge in [-0.15, -0.1) is 11.3 Å². The minimum atomic E-state index is -0.667. The zero-order valence-corrected chi connectivity index (χ0v) is 26.6. The van der Waals surface area contributed by atoms with E-state index in [0.29, 0.717) is 45.6 Å². The molecule has 2 aromatic carbocycles. The summed E-state index contributed by atoms with van der Waals surface area (Å²) in [4.78, 5) is 25.3. The maximum Gasteiger partial charge on any atom is 0.340 e. The number of benzene rings is 2. The van der Waals surface area contributed by atoms with Crippen molar-refractivity contribution in [3.05, 3.63) is 80.5 Å². The highest BCUT2D eigenvalue weighted by Crippen LogP contribution is 2.27. The lowest BCUT2D eigenvalue weighted by molar-refractivity contribution is -0.147. The Kier molecular flexibility index (Phi) is 13.9. The summed E-state index contributed by atoms with van der Waals surface area (Å²) >= 11 is 1.16. The van der Waals surface area contributed by atoms with Crippen molar-refractivity contribution >= 4 is 23.3 Å². The van der Waals surface area contributed by atoms with E-state index < -0.39 is 24.1 Å². The summed E-state index contributed by atoms with van der Waals surface area (Å²) in [6.07, 6.45) is 2.36. The van der Waals surface area contributed by atoms with Crippen LogP contribution in [0.5, 0.6) is 11.5 Å². The molecular weight excluding hydrogens is 588 g/mol. The minimum absolute atomic E-state index is 0.166. The number of ether oxygens (including phenoxy) is 4. The Hall–Kier alpha value is -4.90. The molecule has 0 saturated heterocycles. The Morgan fingerprint density at radius 1 is 0.667 bits per heavy atom. The molecule has 0 amide bonds. The normalized spacial score (nSPS) is 11.4. The fourth-order valence-corrected chi connectivity index (χ4v) is 4.54. The van der Waals surface area contributed by atoms with Crippen LogP contribution < -0.4 is 9.47 Å². The fourth-order valence-electron chi connectivity index (χ4n) is 3.63. The molecule has 2 atom stereocenters. The molecule has 3 rings (SSSR count). The van der Waals surface area contributed by atoms with Crippen molar-refractivity contribution in [3.8, 4) is 47.3 Å². The Labute approximate surface area is 268 Å². The van der Waals surface area contributed by atoms with E-state index >= 15 is 0 Å². The second kappa shape index (κ2) is 18.0. The number of esters is 2. The molecule has 0 aliphatic carbocycles. The van der Waals surface area contributed by atoms with Crippen LogP contribution in [0.4, 0.5) is 0 Å². The Morgan fingerprint density at radius 3 is 1.38 bits per heavy atom. The van der Waals surface area contributed by atoms with Gasteiger partial charge in [0.25, 0.3) is 0 Å². The van der Waals surface area contributed by atoms with Crippen LogP contribution in [0.3, 0.4) is 0 Å². The van der Waals surface area contributed by atoms with Crippen LogP contribution in [0, 0.1) is 46.3 Å². The summed E-state index contributed by atoms with van der Waals surface area (Å²) in [7, 11) is 0. The second-order valence-corrected chi connectivity index (χ2v) is 10.9. The smallest absolute Gasteiger partial charge is 0.340 e. The van der Waals surface area contributed by atoms with E-state index in [4.69, 9.17) is 18.9 Å². The predicted octanol–water partition coefficient (Wildman–Crippen LogP) is 6.51. The number of carbonyl (C=O) groups excluding carboxylic acids is 2. The van der Waals surface area contributed by atoms with E-state index in [0.717, 1.165) is 37.0 Å². The van der Waals surface area contributed by atoms with Crippen molar-refractivity contribution in [1.29, 1.82) is 10.5 Å². The van der Waals surface area contributed by atoms with E-state index in [-0.39, 0.29) is 11.1 Å². The maximum absolute atomic E-state index is 12.2. The Balaban J connectivity index is 1.69. The van der Waals surface area contributed by atoms with Gasteiger partial charge in [0.15, 0.2) is 12.2 Å². The molecule has 0 N–H and O–H groups in total. The second-order valence-electron chi connectivity index (χ2n) is 9.86. The van der Waals surface area contributed by atoms with Gasteiger partial charge >= 0.3 is 11.9 Å². The highest BCUT2D eigenvalue weighted by atomic mass is 32.1.